The highest BCUT2D eigenvalue weighted by Crippen LogP contribution is 2.75. The summed E-state index contributed by atoms with van der Waals surface area (Å²) in [6, 6.07) is 0.530. The largest absolute Gasteiger partial charge is 0.466 e. The molecule has 32 heavy (non-hydrogen) atoms. The number of aliphatic hydroxyl groups excluding tert-OH is 3. The SMILES string of the molecule is COC(=O)C1=C2C3(OC(C)=O)CC4CC5C3CCC(C)N5C24C2CCC(O)C(O)C2C1O. The molecule has 0 radical (unpaired) electrons. The zero-order valence-electron chi connectivity index (χ0n) is 18.9. The van der Waals surface area contributed by atoms with Gasteiger partial charge in [0.1, 0.15) is 5.60 Å². The van der Waals surface area contributed by atoms with Crippen LogP contribution in [0, 0.1) is 23.7 Å². The third-order valence-electron chi connectivity index (χ3n) is 9.99. The van der Waals surface area contributed by atoms with E-state index >= 15 is 0 Å². The van der Waals surface area contributed by atoms with Crippen LogP contribution in [-0.4, -0.2) is 80.8 Å². The maximum atomic E-state index is 13.2. The Labute approximate surface area is 187 Å². The van der Waals surface area contributed by atoms with Gasteiger partial charge in [0.05, 0.1) is 36.5 Å². The van der Waals surface area contributed by atoms with Crippen LogP contribution < -0.4 is 0 Å². The van der Waals surface area contributed by atoms with Crippen molar-refractivity contribution in [2.24, 2.45) is 23.7 Å². The van der Waals surface area contributed by atoms with Crippen molar-refractivity contribution >= 4 is 11.9 Å². The topological polar surface area (TPSA) is 117 Å². The summed E-state index contributed by atoms with van der Waals surface area (Å²) < 4.78 is 11.4. The quantitative estimate of drug-likeness (QED) is 0.525. The third kappa shape index (κ3) is 2.14. The van der Waals surface area contributed by atoms with Crippen LogP contribution in [0.4, 0.5) is 0 Å². The number of carbonyl (C=O) groups is 2. The van der Waals surface area contributed by atoms with E-state index in [-0.39, 0.29) is 41.4 Å². The van der Waals surface area contributed by atoms with Gasteiger partial charge in [-0.3, -0.25) is 9.69 Å². The molecule has 12 atom stereocenters. The molecule has 0 aromatic carbocycles. The summed E-state index contributed by atoms with van der Waals surface area (Å²) in [7, 11) is 1.29. The number of carbonyl (C=O) groups excluding carboxylic acids is 2. The molecular formula is C24H33NO7. The number of hydrogen-bond donors (Lipinski definition) is 3. The van der Waals surface area contributed by atoms with E-state index in [1.165, 1.54) is 14.0 Å². The molecule has 5 bridgehead atoms. The van der Waals surface area contributed by atoms with Gasteiger partial charge >= 0.3 is 11.9 Å². The summed E-state index contributed by atoms with van der Waals surface area (Å²) in [5.74, 6) is -1.57. The molecule has 5 fully saturated rings. The highest BCUT2D eigenvalue weighted by Gasteiger charge is 2.82. The Hall–Kier alpha value is -1.48. The molecule has 12 unspecified atom stereocenters. The molecular weight excluding hydrogens is 414 g/mol. The molecule has 2 saturated carbocycles. The van der Waals surface area contributed by atoms with E-state index < -0.39 is 41.3 Å². The van der Waals surface area contributed by atoms with Crippen molar-refractivity contribution in [2.75, 3.05) is 7.11 Å². The third-order valence-corrected chi connectivity index (χ3v) is 9.99. The number of rotatable bonds is 2. The minimum absolute atomic E-state index is 0.0759. The summed E-state index contributed by atoms with van der Waals surface area (Å²) in [6.07, 6.45) is 1.24. The van der Waals surface area contributed by atoms with Crippen LogP contribution in [0.3, 0.4) is 0 Å². The van der Waals surface area contributed by atoms with E-state index in [4.69, 9.17) is 9.47 Å². The Morgan fingerprint density at radius 2 is 1.81 bits per heavy atom. The molecule has 176 valence electrons. The molecule has 3 N–H and O–H groups in total. The first kappa shape index (κ1) is 21.1. The second-order valence-corrected chi connectivity index (χ2v) is 11.0. The average Bonchev–Trinajstić information content (AvgIpc) is 3.14. The van der Waals surface area contributed by atoms with Crippen LogP contribution in [0.2, 0.25) is 0 Å². The number of hydrogen-bond acceptors (Lipinski definition) is 8. The normalized spacial score (nSPS) is 54.8. The molecule has 3 aliphatic carbocycles. The Morgan fingerprint density at radius 1 is 1.09 bits per heavy atom. The predicted octanol–water partition coefficient (Wildman–Crippen LogP) is 0.526. The molecule has 8 nitrogen and oxygen atoms in total. The summed E-state index contributed by atoms with van der Waals surface area (Å²) >= 11 is 0. The first-order chi connectivity index (χ1) is 15.2. The molecule has 0 aromatic rings. The van der Waals surface area contributed by atoms with Crippen molar-refractivity contribution in [2.45, 2.75) is 93.9 Å². The summed E-state index contributed by atoms with van der Waals surface area (Å²) in [4.78, 5) is 28.2. The molecule has 1 spiro atoms. The lowest BCUT2D eigenvalue weighted by Crippen LogP contribution is -2.74. The zero-order chi connectivity index (χ0) is 22.7. The smallest absolute Gasteiger partial charge is 0.336 e. The highest BCUT2D eigenvalue weighted by molar-refractivity contribution is 5.93. The Bertz CT molecular complexity index is 918. The number of aliphatic hydroxyl groups is 3. The minimum Gasteiger partial charge on any atom is -0.466 e. The molecule has 0 aromatic heterocycles. The molecule has 3 heterocycles. The van der Waals surface area contributed by atoms with Crippen LogP contribution in [0.1, 0.15) is 52.4 Å². The number of nitrogens with zero attached hydrogens (tertiary/aromatic N) is 1. The summed E-state index contributed by atoms with van der Waals surface area (Å²) in [6.45, 7) is 3.64. The van der Waals surface area contributed by atoms with Crippen molar-refractivity contribution < 1.29 is 34.4 Å². The number of fused-ring (bicyclic) bond motifs is 2. The van der Waals surface area contributed by atoms with Crippen molar-refractivity contribution in [1.82, 2.24) is 4.90 Å². The lowest BCUT2D eigenvalue weighted by molar-refractivity contribution is -0.190. The Kier molecular flexibility index (Phi) is 4.32. The first-order valence-corrected chi connectivity index (χ1v) is 12.1. The fourth-order valence-corrected chi connectivity index (χ4v) is 9.48. The molecule has 3 saturated heterocycles. The van der Waals surface area contributed by atoms with Crippen LogP contribution in [0.15, 0.2) is 11.1 Å². The molecule has 6 aliphatic rings. The molecule has 8 heteroatoms. The second-order valence-electron chi connectivity index (χ2n) is 11.0. The average molecular weight is 448 g/mol. The maximum absolute atomic E-state index is 13.2. The minimum atomic E-state index is -1.28. The number of methoxy groups -OCH3 is 1. The van der Waals surface area contributed by atoms with Crippen molar-refractivity contribution in [3.8, 4) is 0 Å². The number of esters is 2. The maximum Gasteiger partial charge on any atom is 0.336 e. The Morgan fingerprint density at radius 3 is 2.50 bits per heavy atom. The highest BCUT2D eigenvalue weighted by atomic mass is 16.6. The van der Waals surface area contributed by atoms with Gasteiger partial charge in [-0.05, 0) is 57.3 Å². The van der Waals surface area contributed by atoms with Crippen LogP contribution >= 0.6 is 0 Å². The predicted molar refractivity (Wildman–Crippen MR) is 111 cm³/mol. The second kappa shape index (κ2) is 6.56. The monoisotopic (exact) mass is 447 g/mol. The van der Waals surface area contributed by atoms with Gasteiger partial charge in [0.15, 0.2) is 0 Å². The van der Waals surface area contributed by atoms with Crippen LogP contribution in [0.5, 0.6) is 0 Å². The number of ether oxygens (including phenoxy) is 2. The van der Waals surface area contributed by atoms with Crippen molar-refractivity contribution in [3.63, 3.8) is 0 Å². The lowest BCUT2D eigenvalue weighted by atomic mass is 9.52. The molecule has 0 amide bonds. The van der Waals surface area contributed by atoms with Gasteiger partial charge in [0.2, 0.25) is 0 Å². The van der Waals surface area contributed by atoms with Gasteiger partial charge in [0.25, 0.3) is 0 Å². The van der Waals surface area contributed by atoms with E-state index in [9.17, 15) is 24.9 Å². The Balaban J connectivity index is 1.68. The number of piperidine rings is 2. The van der Waals surface area contributed by atoms with Gasteiger partial charge in [-0.25, -0.2) is 4.79 Å². The standard InChI is InChI=1S/C24H33NO7/c1-10-4-5-13-15-8-12-9-23(13,32-11(2)26)21-18(22(30)31-3)20(29)17-14(24(12,21)25(10)15)6-7-16(27)19(17)28/h10,12-17,19-20,27-29H,4-9H2,1-3H3. The van der Waals surface area contributed by atoms with E-state index in [2.05, 4.69) is 11.8 Å². The first-order valence-electron chi connectivity index (χ1n) is 12.1. The van der Waals surface area contributed by atoms with Crippen LogP contribution in [-0.2, 0) is 19.1 Å². The van der Waals surface area contributed by atoms with E-state index in [0.717, 1.165) is 24.8 Å². The molecule has 6 rings (SSSR count). The summed E-state index contributed by atoms with van der Waals surface area (Å²) in [5.41, 5.74) is -0.577. The fraction of sp³-hybridized carbons (Fsp3) is 0.833. The van der Waals surface area contributed by atoms with Crippen molar-refractivity contribution in [3.05, 3.63) is 11.1 Å². The van der Waals surface area contributed by atoms with Crippen LogP contribution in [0.25, 0.3) is 0 Å². The van der Waals surface area contributed by atoms with Crippen molar-refractivity contribution in [1.29, 1.82) is 0 Å². The van der Waals surface area contributed by atoms with Gasteiger partial charge in [-0.2, -0.15) is 0 Å². The fourth-order valence-electron chi connectivity index (χ4n) is 9.48. The van der Waals surface area contributed by atoms with E-state index in [1.54, 1.807) is 0 Å². The lowest BCUT2D eigenvalue weighted by Gasteiger charge is -2.65. The van der Waals surface area contributed by atoms with E-state index in [1.807, 2.05) is 0 Å². The van der Waals surface area contributed by atoms with E-state index in [0.29, 0.717) is 19.3 Å². The van der Waals surface area contributed by atoms with Gasteiger partial charge in [-0.1, -0.05) is 0 Å². The van der Waals surface area contributed by atoms with Gasteiger partial charge in [-0.15, -0.1) is 0 Å². The van der Waals surface area contributed by atoms with Gasteiger partial charge < -0.3 is 24.8 Å². The zero-order valence-corrected chi connectivity index (χ0v) is 18.9. The summed E-state index contributed by atoms with van der Waals surface area (Å²) in [5, 5.41) is 33.1. The molecule has 3 aliphatic heterocycles. The van der Waals surface area contributed by atoms with Gasteiger partial charge in [0, 0.05) is 36.4 Å².